The van der Waals surface area contributed by atoms with Crippen molar-refractivity contribution < 1.29 is 33.6 Å². The van der Waals surface area contributed by atoms with E-state index in [0.717, 1.165) is 22.4 Å². The lowest BCUT2D eigenvalue weighted by atomic mass is 10.1. The van der Waals surface area contributed by atoms with Crippen LogP contribution in [0, 0.1) is 36.5 Å². The average molecular weight is 663 g/mol. The molecule has 250 valence electrons. The summed E-state index contributed by atoms with van der Waals surface area (Å²) in [6, 6.07) is 18.1. The van der Waals surface area contributed by atoms with Crippen LogP contribution in [0.5, 0.6) is 11.5 Å². The molecule has 2 aliphatic rings. The number of aromatic hydroxyl groups is 1. The first-order valence-electron chi connectivity index (χ1n) is 15.2. The molecule has 1 N–H and O–H groups in total. The van der Waals surface area contributed by atoms with Crippen LogP contribution in [0.3, 0.4) is 0 Å². The van der Waals surface area contributed by atoms with Crippen molar-refractivity contribution in [3.05, 3.63) is 106 Å². The van der Waals surface area contributed by atoms with Crippen LogP contribution in [-0.2, 0) is 40.5 Å². The molecule has 0 saturated heterocycles. The third-order valence-corrected chi connectivity index (χ3v) is 7.91. The number of rotatable bonds is 5. The van der Waals surface area contributed by atoms with Gasteiger partial charge in [-0.25, -0.2) is 9.59 Å². The molecule has 2 aliphatic heterocycles. The second-order valence-corrected chi connectivity index (χ2v) is 11.7. The minimum absolute atomic E-state index is 0.0350. The van der Waals surface area contributed by atoms with Gasteiger partial charge in [0, 0.05) is 19.4 Å². The average Bonchev–Trinajstić information content (AvgIpc) is 3.10. The molecule has 13 nitrogen and oxygen atoms in total. The van der Waals surface area contributed by atoms with Crippen molar-refractivity contribution in [2.45, 2.75) is 59.8 Å². The fourth-order valence-corrected chi connectivity index (χ4v) is 5.22. The van der Waals surface area contributed by atoms with Gasteiger partial charge in [-0.3, -0.25) is 19.8 Å². The molecule has 0 radical (unpaired) electrons. The van der Waals surface area contributed by atoms with Gasteiger partial charge in [0.1, 0.15) is 12.4 Å². The first-order valence-corrected chi connectivity index (χ1v) is 15.2. The van der Waals surface area contributed by atoms with Gasteiger partial charge in [0.05, 0.1) is 90.8 Å². The Bertz CT molecular complexity index is 1960. The minimum atomic E-state index is -0.763. The molecule has 2 aromatic carbocycles. The van der Waals surface area contributed by atoms with Crippen LogP contribution in [0.25, 0.3) is 0 Å². The second kappa shape index (κ2) is 14.3. The summed E-state index contributed by atoms with van der Waals surface area (Å²) in [5.41, 5.74) is 6.47. The number of carbonyl (C=O) groups excluding carboxylic acids is 2. The third kappa shape index (κ3) is 7.53. The minimum Gasteiger partial charge on any atom is -0.506 e. The van der Waals surface area contributed by atoms with Crippen LogP contribution in [0.4, 0.5) is 21.0 Å². The zero-order valence-corrected chi connectivity index (χ0v) is 27.7. The van der Waals surface area contributed by atoms with E-state index in [0.29, 0.717) is 46.1 Å². The molecule has 0 bridgehead atoms. The van der Waals surface area contributed by atoms with E-state index in [1.165, 1.54) is 16.9 Å². The number of hydrogen-bond donors (Lipinski definition) is 1. The Balaban J connectivity index is 0.000000195. The monoisotopic (exact) mass is 662 g/mol. The van der Waals surface area contributed by atoms with E-state index < -0.39 is 18.0 Å². The second-order valence-electron chi connectivity index (χ2n) is 11.7. The summed E-state index contributed by atoms with van der Waals surface area (Å²) in [5.74, 6) is -0.0892. The van der Waals surface area contributed by atoms with E-state index >= 15 is 0 Å². The highest BCUT2D eigenvalue weighted by Crippen LogP contribution is 2.39. The van der Waals surface area contributed by atoms with Gasteiger partial charge in [-0.1, -0.05) is 24.3 Å². The summed E-state index contributed by atoms with van der Waals surface area (Å²) in [6.45, 7) is 8.08. The number of aryl methyl sites for hydroxylation is 2. The lowest BCUT2D eigenvalue weighted by Gasteiger charge is -2.35. The molecule has 4 aromatic rings. The maximum Gasteiger partial charge on any atom is 0.414 e. The first-order chi connectivity index (χ1) is 23.4. The highest BCUT2D eigenvalue weighted by molar-refractivity contribution is 5.91. The molecule has 0 spiro atoms. The molecular weight excluding hydrogens is 628 g/mol. The highest BCUT2D eigenvalue weighted by atomic mass is 16.7. The number of nitrogens with zero attached hydrogens (tertiary/aromatic N) is 6. The van der Waals surface area contributed by atoms with Gasteiger partial charge in [0.15, 0.2) is 5.75 Å². The number of nitriles is 2. The first kappa shape index (κ1) is 34.2. The lowest BCUT2D eigenvalue weighted by Crippen LogP contribution is -2.38. The Hall–Kier alpha value is -6.18. The van der Waals surface area contributed by atoms with Gasteiger partial charge in [0.2, 0.25) is 5.79 Å². The molecule has 0 atom stereocenters. The summed E-state index contributed by atoms with van der Waals surface area (Å²) in [5, 5.41) is 27.8. The van der Waals surface area contributed by atoms with Gasteiger partial charge in [-0.2, -0.15) is 10.5 Å². The van der Waals surface area contributed by atoms with Crippen LogP contribution in [0.2, 0.25) is 0 Å². The number of ether oxygens (including phenoxy) is 4. The van der Waals surface area contributed by atoms with Crippen molar-refractivity contribution in [1.29, 1.82) is 10.5 Å². The van der Waals surface area contributed by atoms with Crippen molar-refractivity contribution in [3.63, 3.8) is 0 Å². The number of cyclic esters (lactones) is 1. The zero-order chi connectivity index (χ0) is 35.3. The van der Waals surface area contributed by atoms with Crippen molar-refractivity contribution in [2.75, 3.05) is 16.9 Å². The Morgan fingerprint density at radius 1 is 0.959 bits per heavy atom. The van der Waals surface area contributed by atoms with E-state index in [-0.39, 0.29) is 25.4 Å². The topological polar surface area (TPSA) is 171 Å². The van der Waals surface area contributed by atoms with Crippen LogP contribution < -0.4 is 14.5 Å². The summed E-state index contributed by atoms with van der Waals surface area (Å²) >= 11 is 0. The number of fused-ring (bicyclic) bond motifs is 2. The third-order valence-electron chi connectivity index (χ3n) is 7.91. The standard InChI is InChI=1S/C20H21N3O4.C16H13N3O3/c1-13-18-16(12-26-20(2,3)27-18)17(10-22-13)23(19(24)25-4)11-15-7-5-14(9-21)6-8-15;1-10-15(20)13-9-22-16(21)19(14(13)7-18-10)8-12-4-2-11(6-17)3-5-12/h5-8,10H,11-12H2,1-4H3;2-5,7,20H,8-9H2,1H3. The molecule has 0 unspecified atom stereocenters. The van der Waals surface area contributed by atoms with Gasteiger partial charge >= 0.3 is 12.2 Å². The molecule has 2 aromatic heterocycles. The fraction of sp³-hybridized carbons (Fsp3) is 0.278. The Morgan fingerprint density at radius 2 is 1.57 bits per heavy atom. The van der Waals surface area contributed by atoms with Crippen molar-refractivity contribution in [1.82, 2.24) is 9.97 Å². The molecule has 0 fully saturated rings. The SMILES string of the molecule is COC(=O)N(Cc1ccc(C#N)cc1)c1cnc(C)c2c1COC(C)(C)O2.Cc1ncc2c(c1O)COC(=O)N2Cc1ccc(C#N)cc1. The fourth-order valence-electron chi connectivity index (χ4n) is 5.22. The van der Waals surface area contributed by atoms with Crippen molar-refractivity contribution in [3.8, 4) is 23.6 Å². The molecule has 13 heteroatoms. The lowest BCUT2D eigenvalue weighted by molar-refractivity contribution is -0.180. The van der Waals surface area contributed by atoms with Crippen molar-refractivity contribution in [2.24, 2.45) is 0 Å². The van der Waals surface area contributed by atoms with Gasteiger partial charge < -0.3 is 24.1 Å². The number of benzene rings is 2. The highest BCUT2D eigenvalue weighted by Gasteiger charge is 2.33. The number of anilines is 2. The predicted octanol–water partition coefficient (Wildman–Crippen LogP) is 6.30. The maximum absolute atomic E-state index is 12.5. The van der Waals surface area contributed by atoms with Gasteiger partial charge in [-0.05, 0) is 49.2 Å². The molecule has 4 heterocycles. The number of methoxy groups -OCH3 is 1. The van der Waals surface area contributed by atoms with Crippen LogP contribution >= 0.6 is 0 Å². The van der Waals surface area contributed by atoms with Gasteiger partial charge in [0.25, 0.3) is 0 Å². The molecule has 6 rings (SSSR count). The van der Waals surface area contributed by atoms with Crippen LogP contribution in [0.15, 0.2) is 60.9 Å². The number of carbonyl (C=O) groups is 2. The molecule has 0 saturated carbocycles. The predicted molar refractivity (Wildman–Crippen MR) is 176 cm³/mol. The summed E-state index contributed by atoms with van der Waals surface area (Å²) < 4.78 is 21.8. The molecule has 0 aliphatic carbocycles. The molecular formula is C36H34N6O7. The van der Waals surface area contributed by atoms with E-state index in [4.69, 9.17) is 29.5 Å². The normalized spacial score (nSPS) is 13.9. The number of hydrogen-bond acceptors (Lipinski definition) is 11. The smallest absolute Gasteiger partial charge is 0.414 e. The summed E-state index contributed by atoms with van der Waals surface area (Å²) in [7, 11) is 1.33. The number of pyridine rings is 2. The summed E-state index contributed by atoms with van der Waals surface area (Å²) in [4.78, 5) is 35.9. The quantitative estimate of drug-likeness (QED) is 0.254. The van der Waals surface area contributed by atoms with Crippen LogP contribution in [0.1, 0.15) is 58.6 Å². The number of amides is 2. The van der Waals surface area contributed by atoms with Crippen molar-refractivity contribution >= 4 is 23.6 Å². The Labute approximate surface area is 283 Å². The Kier molecular flexibility index (Phi) is 9.97. The van der Waals surface area contributed by atoms with E-state index in [1.807, 2.05) is 26.8 Å². The Morgan fingerprint density at radius 3 is 2.18 bits per heavy atom. The van der Waals surface area contributed by atoms with E-state index in [9.17, 15) is 14.7 Å². The van der Waals surface area contributed by atoms with E-state index in [2.05, 4.69) is 16.0 Å². The van der Waals surface area contributed by atoms with Gasteiger partial charge in [-0.15, -0.1) is 0 Å². The molecule has 49 heavy (non-hydrogen) atoms. The number of aromatic nitrogens is 2. The molecule has 2 amide bonds. The largest absolute Gasteiger partial charge is 0.506 e. The van der Waals surface area contributed by atoms with Crippen LogP contribution in [-0.4, -0.2) is 40.2 Å². The zero-order valence-electron chi connectivity index (χ0n) is 27.7. The van der Waals surface area contributed by atoms with E-state index in [1.54, 1.807) is 67.8 Å². The maximum atomic E-state index is 12.5. The summed E-state index contributed by atoms with van der Waals surface area (Å²) in [6.07, 6.45) is 2.19.